The van der Waals surface area contributed by atoms with Crippen molar-refractivity contribution in [3.8, 4) is 0 Å². The molecule has 3 nitrogen and oxygen atoms in total. The SMILES string of the molecule is CCc1nn(CC)c(CC(=O)c2cccc(F)c2Br)c1Br. The lowest BCUT2D eigenvalue weighted by Gasteiger charge is -2.07. The molecule has 1 aromatic heterocycles. The number of carbonyl (C=O) groups excluding carboxylic acids is 1. The predicted octanol–water partition coefficient (Wildman–Crippen LogP) is 4.55. The van der Waals surface area contributed by atoms with E-state index in [1.54, 1.807) is 6.07 Å². The highest BCUT2D eigenvalue weighted by molar-refractivity contribution is 9.10. The number of hydrogen-bond acceptors (Lipinski definition) is 2. The van der Waals surface area contributed by atoms with E-state index in [4.69, 9.17) is 0 Å². The molecular formula is C15H15Br2FN2O. The number of carbonyl (C=O) groups is 1. The Bertz CT molecular complexity index is 683. The third-order valence-electron chi connectivity index (χ3n) is 3.27. The van der Waals surface area contributed by atoms with Gasteiger partial charge in [0.25, 0.3) is 0 Å². The molecule has 0 amide bonds. The van der Waals surface area contributed by atoms with Crippen LogP contribution in [-0.4, -0.2) is 15.6 Å². The first-order chi connectivity index (χ1) is 9.99. The average Bonchev–Trinajstić information content (AvgIpc) is 2.78. The summed E-state index contributed by atoms with van der Waals surface area (Å²) in [5.41, 5.74) is 2.11. The van der Waals surface area contributed by atoms with Gasteiger partial charge in [0.1, 0.15) is 5.82 Å². The van der Waals surface area contributed by atoms with Crippen LogP contribution >= 0.6 is 31.9 Å². The molecule has 6 heteroatoms. The molecule has 2 aromatic rings. The normalized spacial score (nSPS) is 10.9. The van der Waals surface area contributed by atoms with Crippen molar-refractivity contribution in [2.75, 3.05) is 0 Å². The van der Waals surface area contributed by atoms with Crippen molar-refractivity contribution < 1.29 is 9.18 Å². The molecule has 0 aliphatic carbocycles. The molecule has 0 aliphatic rings. The number of aryl methyl sites for hydroxylation is 2. The van der Waals surface area contributed by atoms with E-state index in [1.165, 1.54) is 12.1 Å². The molecule has 0 aliphatic heterocycles. The molecule has 2 rings (SSSR count). The van der Waals surface area contributed by atoms with Crippen molar-refractivity contribution in [2.45, 2.75) is 33.2 Å². The Morgan fingerprint density at radius 3 is 2.62 bits per heavy atom. The zero-order chi connectivity index (χ0) is 15.6. The first kappa shape index (κ1) is 16.4. The summed E-state index contributed by atoms with van der Waals surface area (Å²) in [6.07, 6.45) is 0.974. The topological polar surface area (TPSA) is 34.9 Å². The minimum atomic E-state index is -0.432. The number of hydrogen-bond donors (Lipinski definition) is 0. The van der Waals surface area contributed by atoms with Crippen LogP contribution in [0.4, 0.5) is 4.39 Å². The quantitative estimate of drug-likeness (QED) is 0.668. The summed E-state index contributed by atoms with van der Waals surface area (Å²) in [6.45, 7) is 4.68. The Morgan fingerprint density at radius 1 is 1.29 bits per heavy atom. The Kier molecular flexibility index (Phi) is 5.32. The second-order valence-corrected chi connectivity index (χ2v) is 6.16. The van der Waals surface area contributed by atoms with E-state index in [0.717, 1.165) is 22.3 Å². The fourth-order valence-corrected chi connectivity index (χ4v) is 3.34. The van der Waals surface area contributed by atoms with Gasteiger partial charge < -0.3 is 0 Å². The third kappa shape index (κ3) is 3.26. The lowest BCUT2D eigenvalue weighted by atomic mass is 10.1. The summed E-state index contributed by atoms with van der Waals surface area (Å²) in [4.78, 5) is 12.4. The van der Waals surface area contributed by atoms with Crippen LogP contribution in [0, 0.1) is 5.82 Å². The molecule has 0 N–H and O–H groups in total. The summed E-state index contributed by atoms with van der Waals surface area (Å²) in [5, 5.41) is 4.47. The molecule has 0 atom stereocenters. The van der Waals surface area contributed by atoms with Gasteiger partial charge in [-0.2, -0.15) is 5.10 Å². The van der Waals surface area contributed by atoms with Crippen LogP contribution in [0.1, 0.15) is 35.6 Å². The van der Waals surface area contributed by atoms with Crippen LogP contribution in [0.5, 0.6) is 0 Å². The van der Waals surface area contributed by atoms with Crippen LogP contribution in [0.2, 0.25) is 0 Å². The van der Waals surface area contributed by atoms with Gasteiger partial charge in [-0.3, -0.25) is 9.48 Å². The van der Waals surface area contributed by atoms with E-state index < -0.39 is 5.82 Å². The molecule has 1 heterocycles. The second kappa shape index (κ2) is 6.83. The van der Waals surface area contributed by atoms with Crippen molar-refractivity contribution in [3.63, 3.8) is 0 Å². The summed E-state index contributed by atoms with van der Waals surface area (Å²) in [5.74, 6) is -0.572. The smallest absolute Gasteiger partial charge is 0.170 e. The molecule has 0 saturated carbocycles. The van der Waals surface area contributed by atoms with E-state index in [0.29, 0.717) is 12.1 Å². The highest BCUT2D eigenvalue weighted by Crippen LogP contribution is 2.26. The van der Waals surface area contributed by atoms with Gasteiger partial charge in [-0.1, -0.05) is 19.1 Å². The second-order valence-electron chi connectivity index (χ2n) is 4.58. The highest BCUT2D eigenvalue weighted by atomic mass is 79.9. The van der Waals surface area contributed by atoms with Crippen molar-refractivity contribution in [1.29, 1.82) is 0 Å². The van der Waals surface area contributed by atoms with Gasteiger partial charge in [0.05, 0.1) is 26.8 Å². The van der Waals surface area contributed by atoms with Gasteiger partial charge in [-0.05, 0) is 51.3 Å². The Balaban J connectivity index is 2.36. The Morgan fingerprint density at radius 2 is 2.00 bits per heavy atom. The van der Waals surface area contributed by atoms with Crippen molar-refractivity contribution in [1.82, 2.24) is 9.78 Å². The maximum Gasteiger partial charge on any atom is 0.170 e. The van der Waals surface area contributed by atoms with E-state index in [-0.39, 0.29) is 16.7 Å². The van der Waals surface area contributed by atoms with Crippen LogP contribution in [0.3, 0.4) is 0 Å². The number of halogens is 3. The van der Waals surface area contributed by atoms with Gasteiger partial charge in [-0.15, -0.1) is 0 Å². The van der Waals surface area contributed by atoms with E-state index in [2.05, 4.69) is 37.0 Å². The largest absolute Gasteiger partial charge is 0.294 e. The number of ketones is 1. The number of aromatic nitrogens is 2. The van der Waals surface area contributed by atoms with Gasteiger partial charge in [0.15, 0.2) is 5.78 Å². The highest BCUT2D eigenvalue weighted by Gasteiger charge is 2.20. The molecule has 0 bridgehead atoms. The zero-order valence-corrected chi connectivity index (χ0v) is 15.0. The Labute approximate surface area is 139 Å². The molecule has 0 saturated heterocycles. The fraction of sp³-hybridized carbons (Fsp3) is 0.333. The predicted molar refractivity (Wildman–Crippen MR) is 87.1 cm³/mol. The molecule has 0 unspecified atom stereocenters. The third-order valence-corrected chi connectivity index (χ3v) is 5.00. The molecule has 21 heavy (non-hydrogen) atoms. The maximum absolute atomic E-state index is 13.5. The fourth-order valence-electron chi connectivity index (χ4n) is 2.15. The number of Topliss-reactive ketones (excluding diaryl/α,β-unsaturated/α-hetero) is 1. The maximum atomic E-state index is 13.5. The molecule has 0 fully saturated rings. The standard InChI is InChI=1S/C15H15Br2FN2O/c1-3-11-15(17)12(20(4-2)19-11)8-13(21)9-6-5-7-10(18)14(9)16/h5-7H,3-4,8H2,1-2H3. The van der Waals surface area contributed by atoms with Gasteiger partial charge in [-0.25, -0.2) is 4.39 Å². The van der Waals surface area contributed by atoms with Crippen LogP contribution < -0.4 is 0 Å². The lowest BCUT2D eigenvalue weighted by molar-refractivity contribution is 0.0989. The zero-order valence-electron chi connectivity index (χ0n) is 11.8. The minimum absolute atomic E-state index is 0.140. The van der Waals surface area contributed by atoms with E-state index in [9.17, 15) is 9.18 Å². The van der Waals surface area contributed by atoms with E-state index in [1.807, 2.05) is 18.5 Å². The van der Waals surface area contributed by atoms with Gasteiger partial charge in [0, 0.05) is 12.1 Å². The van der Waals surface area contributed by atoms with Gasteiger partial charge in [0.2, 0.25) is 0 Å². The number of rotatable bonds is 5. The molecular weight excluding hydrogens is 403 g/mol. The average molecular weight is 418 g/mol. The van der Waals surface area contributed by atoms with Crippen molar-refractivity contribution in [3.05, 3.63) is 49.9 Å². The van der Waals surface area contributed by atoms with Crippen LogP contribution in [0.25, 0.3) is 0 Å². The molecule has 1 aromatic carbocycles. The summed E-state index contributed by atoms with van der Waals surface area (Å²) >= 11 is 6.65. The minimum Gasteiger partial charge on any atom is -0.294 e. The first-order valence-corrected chi connectivity index (χ1v) is 8.29. The molecule has 0 spiro atoms. The van der Waals surface area contributed by atoms with E-state index >= 15 is 0 Å². The summed E-state index contributed by atoms with van der Waals surface area (Å²) < 4.78 is 16.4. The molecule has 0 radical (unpaired) electrons. The summed E-state index contributed by atoms with van der Waals surface area (Å²) in [7, 11) is 0. The van der Waals surface area contributed by atoms with Crippen LogP contribution in [-0.2, 0) is 19.4 Å². The number of benzene rings is 1. The lowest BCUT2D eigenvalue weighted by Crippen LogP contribution is -2.11. The molecule has 112 valence electrons. The van der Waals surface area contributed by atoms with Crippen LogP contribution in [0.15, 0.2) is 27.1 Å². The Hall–Kier alpha value is -1.01. The monoisotopic (exact) mass is 416 g/mol. The van der Waals surface area contributed by atoms with Crippen molar-refractivity contribution >= 4 is 37.6 Å². The van der Waals surface area contributed by atoms with Gasteiger partial charge >= 0.3 is 0 Å². The first-order valence-electron chi connectivity index (χ1n) is 6.70. The number of nitrogens with zero attached hydrogens (tertiary/aromatic N) is 2. The summed E-state index contributed by atoms with van der Waals surface area (Å²) in [6, 6.07) is 4.48. The van der Waals surface area contributed by atoms with Crippen molar-refractivity contribution in [2.24, 2.45) is 0 Å².